The smallest absolute Gasteiger partial charge is 0.298 e. The summed E-state index contributed by atoms with van der Waals surface area (Å²) in [6.07, 6.45) is 2.05. The van der Waals surface area contributed by atoms with E-state index in [0.717, 1.165) is 41.6 Å². The number of aromatic amines is 1. The summed E-state index contributed by atoms with van der Waals surface area (Å²) < 4.78 is 6.18. The molecule has 0 aliphatic carbocycles. The summed E-state index contributed by atoms with van der Waals surface area (Å²) in [5, 5.41) is 17.4. The number of unbranched alkanes of at least 4 members (excludes halogenated alkanes) is 1. The monoisotopic (exact) mass is 495 g/mol. The van der Waals surface area contributed by atoms with Crippen molar-refractivity contribution < 1.29 is 9.21 Å². The molecule has 2 N–H and O–H groups in total. The van der Waals surface area contributed by atoms with Gasteiger partial charge in [0.15, 0.2) is 5.58 Å². The number of oxazole rings is 1. The molecule has 9 nitrogen and oxygen atoms in total. The number of rotatable bonds is 9. The number of H-pyrrole nitrogens is 1. The molecule has 9 heteroatoms. The largest absolute Gasteiger partial charge is 0.423 e. The van der Waals surface area contributed by atoms with Gasteiger partial charge in [0.05, 0.1) is 11.7 Å². The van der Waals surface area contributed by atoms with E-state index >= 15 is 0 Å². The predicted octanol–water partition coefficient (Wildman–Crippen LogP) is 6.00. The maximum absolute atomic E-state index is 11.7. The highest BCUT2D eigenvalue weighted by Gasteiger charge is 2.22. The molecular formula is C28H29N7O2. The van der Waals surface area contributed by atoms with E-state index in [1.54, 1.807) is 0 Å². The molecule has 1 amide bonds. The van der Waals surface area contributed by atoms with E-state index in [2.05, 4.69) is 75.0 Å². The van der Waals surface area contributed by atoms with Gasteiger partial charge in [-0.15, -0.1) is 10.2 Å². The topological polar surface area (TPSA) is 113 Å². The molecule has 2 heterocycles. The fourth-order valence-corrected chi connectivity index (χ4v) is 4.46. The molecule has 188 valence electrons. The van der Waals surface area contributed by atoms with Crippen molar-refractivity contribution in [2.75, 3.05) is 16.8 Å². The Kier molecular flexibility index (Phi) is 6.93. The molecule has 37 heavy (non-hydrogen) atoms. The van der Waals surface area contributed by atoms with E-state index in [1.165, 1.54) is 6.92 Å². The Bertz CT molecular complexity index is 1490. The predicted molar refractivity (Wildman–Crippen MR) is 144 cm³/mol. The number of hydrogen-bond donors (Lipinski definition) is 2. The van der Waals surface area contributed by atoms with Crippen molar-refractivity contribution in [3.05, 3.63) is 72.3 Å². The number of nitrogens with one attached hydrogen (secondary N) is 2. The van der Waals surface area contributed by atoms with E-state index in [9.17, 15) is 4.79 Å². The van der Waals surface area contributed by atoms with Crippen LogP contribution in [-0.4, -0.2) is 38.1 Å². The highest BCUT2D eigenvalue weighted by molar-refractivity contribution is 5.98. The number of aromatic nitrogens is 5. The normalized spacial score (nSPS) is 12.0. The molecule has 0 bridgehead atoms. The second-order valence-corrected chi connectivity index (χ2v) is 8.96. The molecule has 0 unspecified atom stereocenters. The SMILES string of the molecule is CCCCN(c1nc2c(NC(C)=O)cccc2o1)[C@H](C)c1ccc(-c2ccccc2-c2nn[nH]n2)cc1. The molecule has 0 saturated heterocycles. The molecule has 0 spiro atoms. The van der Waals surface area contributed by atoms with Crippen LogP contribution in [0.25, 0.3) is 33.6 Å². The Balaban J connectivity index is 1.46. The third-order valence-electron chi connectivity index (χ3n) is 6.40. The summed E-state index contributed by atoms with van der Waals surface area (Å²) in [5.41, 5.74) is 6.10. The first kappa shape index (κ1) is 24.2. The second kappa shape index (κ2) is 10.6. The number of amides is 1. The number of carbonyl (C=O) groups excluding carboxylic acids is 1. The number of para-hydroxylation sites is 1. The maximum Gasteiger partial charge on any atom is 0.298 e. The van der Waals surface area contributed by atoms with E-state index in [-0.39, 0.29) is 11.9 Å². The second-order valence-electron chi connectivity index (χ2n) is 8.96. The average Bonchev–Trinajstić information content (AvgIpc) is 3.60. The number of fused-ring (bicyclic) bond motifs is 1. The van der Waals surface area contributed by atoms with Gasteiger partial charge in [-0.05, 0) is 47.4 Å². The van der Waals surface area contributed by atoms with Crippen LogP contribution in [0.4, 0.5) is 11.7 Å². The van der Waals surface area contributed by atoms with Gasteiger partial charge < -0.3 is 14.6 Å². The van der Waals surface area contributed by atoms with Crippen LogP contribution in [-0.2, 0) is 4.79 Å². The van der Waals surface area contributed by atoms with Crippen LogP contribution in [0.15, 0.2) is 71.1 Å². The van der Waals surface area contributed by atoms with Gasteiger partial charge in [0, 0.05) is 19.0 Å². The minimum absolute atomic E-state index is 0.0188. The van der Waals surface area contributed by atoms with Gasteiger partial charge in [-0.2, -0.15) is 10.2 Å². The van der Waals surface area contributed by atoms with Crippen molar-refractivity contribution in [3.63, 3.8) is 0 Å². The van der Waals surface area contributed by atoms with E-state index in [4.69, 9.17) is 9.40 Å². The highest BCUT2D eigenvalue weighted by atomic mass is 16.4. The maximum atomic E-state index is 11.7. The molecule has 0 radical (unpaired) electrons. The molecule has 0 aliphatic rings. The lowest BCUT2D eigenvalue weighted by Gasteiger charge is -2.28. The molecular weight excluding hydrogens is 466 g/mol. The third-order valence-corrected chi connectivity index (χ3v) is 6.40. The average molecular weight is 496 g/mol. The van der Waals surface area contributed by atoms with Gasteiger partial charge >= 0.3 is 0 Å². The first-order valence-corrected chi connectivity index (χ1v) is 12.4. The first-order chi connectivity index (χ1) is 18.0. The number of anilines is 2. The number of hydrogen-bond acceptors (Lipinski definition) is 7. The molecule has 0 saturated carbocycles. The standard InChI is InChI=1S/C28H29N7O2/c1-4-5-17-35(28-30-26-24(29-19(3)36)11-8-12-25(26)37-28)18(2)20-13-15-21(16-14-20)22-9-6-7-10-23(22)27-31-33-34-32-27/h6-16,18H,4-5,17H2,1-3H3,(H,29,36)(H,31,32,33,34)/t18-/m1/s1. The summed E-state index contributed by atoms with van der Waals surface area (Å²) in [4.78, 5) is 18.6. The van der Waals surface area contributed by atoms with Gasteiger partial charge in [0.1, 0.15) is 5.52 Å². The van der Waals surface area contributed by atoms with Gasteiger partial charge in [-0.1, -0.05) is 67.9 Å². The molecule has 1 atom stereocenters. The van der Waals surface area contributed by atoms with Gasteiger partial charge in [0.2, 0.25) is 11.7 Å². The zero-order chi connectivity index (χ0) is 25.8. The van der Waals surface area contributed by atoms with E-state index < -0.39 is 0 Å². The van der Waals surface area contributed by atoms with Crippen LogP contribution in [0.5, 0.6) is 0 Å². The Morgan fingerprint density at radius 1 is 1.05 bits per heavy atom. The van der Waals surface area contributed by atoms with Gasteiger partial charge in [0.25, 0.3) is 6.01 Å². The number of nitrogens with zero attached hydrogens (tertiary/aromatic N) is 5. The third kappa shape index (κ3) is 5.06. The first-order valence-electron chi connectivity index (χ1n) is 12.4. The van der Waals surface area contributed by atoms with Crippen LogP contribution < -0.4 is 10.2 Å². The van der Waals surface area contributed by atoms with Crippen molar-refractivity contribution in [3.8, 4) is 22.5 Å². The van der Waals surface area contributed by atoms with Gasteiger partial charge in [-0.25, -0.2) is 0 Å². The minimum Gasteiger partial charge on any atom is -0.423 e. The Hall–Kier alpha value is -4.53. The lowest BCUT2D eigenvalue weighted by molar-refractivity contribution is -0.114. The zero-order valence-electron chi connectivity index (χ0n) is 21.1. The Morgan fingerprint density at radius 2 is 1.84 bits per heavy atom. The lowest BCUT2D eigenvalue weighted by atomic mass is 9.97. The number of carbonyl (C=O) groups is 1. The van der Waals surface area contributed by atoms with Crippen LogP contribution in [0.1, 0.15) is 45.2 Å². The summed E-state index contributed by atoms with van der Waals surface area (Å²) >= 11 is 0. The fourth-order valence-electron chi connectivity index (χ4n) is 4.46. The molecule has 3 aromatic carbocycles. The molecule has 5 aromatic rings. The van der Waals surface area contributed by atoms with Crippen LogP contribution in [0.2, 0.25) is 0 Å². The van der Waals surface area contributed by atoms with Crippen molar-refractivity contribution in [1.29, 1.82) is 0 Å². The Labute approximate surface area is 214 Å². The van der Waals surface area contributed by atoms with Gasteiger partial charge in [-0.3, -0.25) is 4.79 Å². The lowest BCUT2D eigenvalue weighted by Crippen LogP contribution is -2.28. The summed E-state index contributed by atoms with van der Waals surface area (Å²) in [6.45, 7) is 6.60. The zero-order valence-corrected chi connectivity index (χ0v) is 21.1. The molecule has 0 aliphatic heterocycles. The summed E-state index contributed by atoms with van der Waals surface area (Å²) in [7, 11) is 0. The van der Waals surface area contributed by atoms with Crippen molar-refractivity contribution in [2.45, 2.75) is 39.7 Å². The minimum atomic E-state index is -0.144. The molecule has 2 aromatic heterocycles. The van der Waals surface area contributed by atoms with E-state index in [0.29, 0.717) is 28.6 Å². The van der Waals surface area contributed by atoms with E-state index in [1.807, 2.05) is 36.4 Å². The summed E-state index contributed by atoms with van der Waals surface area (Å²) in [5.74, 6) is 0.419. The Morgan fingerprint density at radius 3 is 2.54 bits per heavy atom. The molecule has 5 rings (SSSR count). The highest BCUT2D eigenvalue weighted by Crippen LogP contribution is 2.34. The van der Waals surface area contributed by atoms with Crippen LogP contribution in [0, 0.1) is 0 Å². The molecule has 0 fully saturated rings. The quantitative estimate of drug-likeness (QED) is 0.258. The van der Waals surface area contributed by atoms with Crippen molar-refractivity contribution in [1.82, 2.24) is 25.6 Å². The number of tetrazole rings is 1. The summed E-state index contributed by atoms with van der Waals surface area (Å²) in [6, 6.07) is 22.6. The van der Waals surface area contributed by atoms with Crippen molar-refractivity contribution >= 4 is 28.7 Å². The van der Waals surface area contributed by atoms with Crippen molar-refractivity contribution in [2.24, 2.45) is 0 Å². The fraction of sp³-hybridized carbons (Fsp3) is 0.250. The van der Waals surface area contributed by atoms with Crippen LogP contribution in [0.3, 0.4) is 0 Å². The number of benzene rings is 3. The van der Waals surface area contributed by atoms with Crippen LogP contribution >= 0.6 is 0 Å².